The number of carbonyl (C=O) groups is 1. The standard InChI is InChI=1S/C12H7BrFNO4S/c13-8-2-1-7(9(14)5-8)6-19-12(16)10-3-4-11(20-10)15(17)18/h1-5H,6H2. The number of carbonyl (C=O) groups excluding carboxylic acids is 1. The van der Waals surface area contributed by atoms with E-state index in [0.29, 0.717) is 15.8 Å². The second-order valence-electron chi connectivity index (χ2n) is 3.71. The Labute approximate surface area is 125 Å². The quantitative estimate of drug-likeness (QED) is 0.471. The SMILES string of the molecule is O=C(OCc1ccc(Br)cc1F)c1ccc([N+](=O)[O-])s1. The molecule has 5 nitrogen and oxygen atoms in total. The Balaban J connectivity index is 2.02. The van der Waals surface area contributed by atoms with E-state index in [2.05, 4.69) is 15.9 Å². The van der Waals surface area contributed by atoms with Gasteiger partial charge in [-0.3, -0.25) is 10.1 Å². The highest BCUT2D eigenvalue weighted by Crippen LogP contribution is 2.25. The molecular formula is C12H7BrFNO4S. The van der Waals surface area contributed by atoms with E-state index in [9.17, 15) is 19.3 Å². The van der Waals surface area contributed by atoms with Crippen LogP contribution in [0.15, 0.2) is 34.8 Å². The van der Waals surface area contributed by atoms with Crippen molar-refractivity contribution in [3.05, 3.63) is 61.2 Å². The summed E-state index contributed by atoms with van der Waals surface area (Å²) in [5.74, 6) is -1.21. The Morgan fingerprint density at radius 2 is 2.15 bits per heavy atom. The van der Waals surface area contributed by atoms with E-state index in [4.69, 9.17) is 4.74 Å². The summed E-state index contributed by atoms with van der Waals surface area (Å²) in [6, 6.07) is 6.91. The van der Waals surface area contributed by atoms with Crippen LogP contribution in [0.4, 0.5) is 9.39 Å². The van der Waals surface area contributed by atoms with Crippen LogP contribution < -0.4 is 0 Å². The lowest BCUT2D eigenvalue weighted by Gasteiger charge is -2.04. The van der Waals surface area contributed by atoms with Gasteiger partial charge in [-0.25, -0.2) is 9.18 Å². The first kappa shape index (κ1) is 14.6. The highest BCUT2D eigenvalue weighted by Gasteiger charge is 2.17. The number of rotatable bonds is 4. The molecule has 0 unspecified atom stereocenters. The molecule has 0 saturated carbocycles. The number of thiophene rings is 1. The summed E-state index contributed by atoms with van der Waals surface area (Å²) in [4.78, 5) is 21.7. The predicted octanol–water partition coefficient (Wildman–Crippen LogP) is 3.91. The molecule has 0 atom stereocenters. The van der Waals surface area contributed by atoms with Crippen LogP contribution in [0, 0.1) is 15.9 Å². The Morgan fingerprint density at radius 1 is 1.40 bits per heavy atom. The van der Waals surface area contributed by atoms with Crippen molar-refractivity contribution < 1.29 is 18.8 Å². The van der Waals surface area contributed by atoms with Gasteiger partial charge in [0.2, 0.25) is 0 Å². The first-order valence-corrected chi connectivity index (χ1v) is 6.93. The van der Waals surface area contributed by atoms with Crippen LogP contribution in [-0.2, 0) is 11.3 Å². The lowest BCUT2D eigenvalue weighted by atomic mass is 10.2. The molecule has 0 spiro atoms. The Bertz CT molecular complexity index is 673. The maximum atomic E-state index is 13.5. The smallest absolute Gasteiger partial charge is 0.348 e. The maximum absolute atomic E-state index is 13.5. The van der Waals surface area contributed by atoms with E-state index in [0.717, 1.165) is 0 Å². The van der Waals surface area contributed by atoms with Crippen molar-refractivity contribution in [3.8, 4) is 0 Å². The zero-order chi connectivity index (χ0) is 14.7. The molecule has 8 heteroatoms. The highest BCUT2D eigenvalue weighted by molar-refractivity contribution is 9.10. The fourth-order valence-corrected chi connectivity index (χ4v) is 2.44. The van der Waals surface area contributed by atoms with Gasteiger partial charge in [0, 0.05) is 16.1 Å². The van der Waals surface area contributed by atoms with Gasteiger partial charge in [0.05, 0.1) is 4.92 Å². The minimum absolute atomic E-state index is 0.106. The zero-order valence-electron chi connectivity index (χ0n) is 9.84. The van der Waals surface area contributed by atoms with Crippen LogP contribution in [0.25, 0.3) is 0 Å². The van der Waals surface area contributed by atoms with Crippen molar-refractivity contribution in [1.82, 2.24) is 0 Å². The minimum Gasteiger partial charge on any atom is -0.457 e. The van der Waals surface area contributed by atoms with E-state index in [1.165, 1.54) is 24.3 Å². The molecule has 0 amide bonds. The molecule has 0 N–H and O–H groups in total. The molecule has 1 aromatic carbocycles. The van der Waals surface area contributed by atoms with Gasteiger partial charge >= 0.3 is 11.0 Å². The van der Waals surface area contributed by atoms with Crippen LogP contribution in [0.1, 0.15) is 15.2 Å². The second kappa shape index (κ2) is 6.10. The van der Waals surface area contributed by atoms with Crippen LogP contribution in [-0.4, -0.2) is 10.9 Å². The first-order chi connectivity index (χ1) is 9.47. The molecule has 0 aliphatic heterocycles. The zero-order valence-corrected chi connectivity index (χ0v) is 12.2. The van der Waals surface area contributed by atoms with Crippen LogP contribution in [0.3, 0.4) is 0 Å². The number of nitro groups is 1. The maximum Gasteiger partial charge on any atom is 0.348 e. The van der Waals surface area contributed by atoms with E-state index in [-0.39, 0.29) is 22.0 Å². The topological polar surface area (TPSA) is 69.4 Å². The van der Waals surface area contributed by atoms with Crippen LogP contribution in [0.2, 0.25) is 0 Å². The summed E-state index contributed by atoms with van der Waals surface area (Å²) >= 11 is 3.84. The van der Waals surface area contributed by atoms with Crippen LogP contribution >= 0.6 is 27.3 Å². The fourth-order valence-electron chi connectivity index (χ4n) is 1.39. The summed E-state index contributed by atoms with van der Waals surface area (Å²) in [5.41, 5.74) is 0.229. The van der Waals surface area contributed by atoms with Gasteiger partial charge in [-0.15, -0.1) is 0 Å². The summed E-state index contributed by atoms with van der Waals surface area (Å²) in [6.45, 7) is -0.232. The predicted molar refractivity (Wildman–Crippen MR) is 74.2 cm³/mol. The Morgan fingerprint density at radius 3 is 2.75 bits per heavy atom. The molecule has 1 aromatic heterocycles. The van der Waals surface area contributed by atoms with Gasteiger partial charge in [-0.2, -0.15) is 0 Å². The number of benzene rings is 1. The van der Waals surface area contributed by atoms with E-state index >= 15 is 0 Å². The van der Waals surface area contributed by atoms with Gasteiger partial charge in [-0.1, -0.05) is 33.3 Å². The van der Waals surface area contributed by atoms with Crippen molar-refractivity contribution in [1.29, 1.82) is 0 Å². The van der Waals surface area contributed by atoms with E-state index in [1.807, 2.05) is 0 Å². The molecule has 0 aliphatic carbocycles. The van der Waals surface area contributed by atoms with Gasteiger partial charge in [0.25, 0.3) is 0 Å². The summed E-state index contributed by atoms with van der Waals surface area (Å²) < 4.78 is 19.0. The van der Waals surface area contributed by atoms with Crippen molar-refractivity contribution in [2.24, 2.45) is 0 Å². The fraction of sp³-hybridized carbons (Fsp3) is 0.0833. The molecule has 0 radical (unpaired) electrons. The number of halogens is 2. The largest absolute Gasteiger partial charge is 0.457 e. The lowest BCUT2D eigenvalue weighted by Crippen LogP contribution is -2.04. The normalized spacial score (nSPS) is 10.3. The van der Waals surface area contributed by atoms with Crippen molar-refractivity contribution in [2.75, 3.05) is 0 Å². The van der Waals surface area contributed by atoms with Gasteiger partial charge in [-0.05, 0) is 18.2 Å². The molecule has 0 bridgehead atoms. The molecule has 20 heavy (non-hydrogen) atoms. The van der Waals surface area contributed by atoms with E-state index in [1.54, 1.807) is 6.07 Å². The molecule has 2 aromatic rings. The number of esters is 1. The third-order valence-corrected chi connectivity index (χ3v) is 3.86. The Hall–Kier alpha value is -1.80. The van der Waals surface area contributed by atoms with Crippen LogP contribution in [0.5, 0.6) is 0 Å². The highest BCUT2D eigenvalue weighted by atomic mass is 79.9. The number of hydrogen-bond donors (Lipinski definition) is 0. The average Bonchev–Trinajstić information content (AvgIpc) is 2.87. The summed E-state index contributed by atoms with van der Waals surface area (Å²) in [5, 5.41) is 10.4. The Kier molecular flexibility index (Phi) is 4.46. The average molecular weight is 360 g/mol. The lowest BCUT2D eigenvalue weighted by molar-refractivity contribution is -0.380. The minimum atomic E-state index is -0.717. The van der Waals surface area contributed by atoms with Gasteiger partial charge in [0.1, 0.15) is 17.3 Å². The van der Waals surface area contributed by atoms with Gasteiger partial charge in [0.15, 0.2) is 0 Å². The number of ether oxygens (including phenoxy) is 1. The summed E-state index contributed by atoms with van der Waals surface area (Å²) in [6.07, 6.45) is 0. The number of nitrogens with zero attached hydrogens (tertiary/aromatic N) is 1. The van der Waals surface area contributed by atoms with Crippen molar-refractivity contribution in [3.63, 3.8) is 0 Å². The molecule has 0 fully saturated rings. The van der Waals surface area contributed by atoms with Crippen molar-refractivity contribution >= 4 is 38.2 Å². The monoisotopic (exact) mass is 359 g/mol. The molecule has 0 aliphatic rings. The van der Waals surface area contributed by atoms with Crippen molar-refractivity contribution in [2.45, 2.75) is 6.61 Å². The first-order valence-electron chi connectivity index (χ1n) is 5.32. The third-order valence-electron chi connectivity index (χ3n) is 2.35. The molecule has 1 heterocycles. The molecule has 104 valence electrons. The van der Waals surface area contributed by atoms with E-state index < -0.39 is 16.7 Å². The third kappa shape index (κ3) is 3.40. The molecular weight excluding hydrogens is 353 g/mol. The second-order valence-corrected chi connectivity index (χ2v) is 5.68. The molecule has 0 saturated heterocycles. The summed E-state index contributed by atoms with van der Waals surface area (Å²) in [7, 11) is 0. The van der Waals surface area contributed by atoms with Gasteiger partial charge < -0.3 is 4.74 Å². The number of hydrogen-bond acceptors (Lipinski definition) is 5. The molecule has 2 rings (SSSR count).